The first-order valence-electron chi connectivity index (χ1n) is 9.27. The van der Waals surface area contributed by atoms with Gasteiger partial charge in [-0.3, -0.25) is 0 Å². The molecule has 0 saturated heterocycles. The smallest absolute Gasteiger partial charge is 0.119 e. The maximum absolute atomic E-state index is 10.9. The third-order valence-corrected chi connectivity index (χ3v) is 7.80. The Morgan fingerprint density at radius 2 is 1.91 bits per heavy atom. The highest BCUT2D eigenvalue weighted by atomic mass is 16.5. The molecule has 5 atom stereocenters. The van der Waals surface area contributed by atoms with Crippen LogP contribution in [0.25, 0.3) is 0 Å². The lowest BCUT2D eigenvalue weighted by molar-refractivity contribution is -0.0902. The minimum absolute atomic E-state index is 0.117. The van der Waals surface area contributed by atoms with Gasteiger partial charge in [0.2, 0.25) is 0 Å². The monoisotopic (exact) mass is 314 g/mol. The van der Waals surface area contributed by atoms with Crippen LogP contribution >= 0.6 is 0 Å². The first-order valence-corrected chi connectivity index (χ1v) is 9.27. The van der Waals surface area contributed by atoms with Crippen molar-refractivity contribution in [3.8, 4) is 5.75 Å². The molecular weight excluding hydrogens is 284 g/mol. The molecule has 0 heterocycles. The van der Waals surface area contributed by atoms with E-state index in [9.17, 15) is 5.11 Å². The third-order valence-electron chi connectivity index (χ3n) is 7.80. The molecule has 2 heteroatoms. The van der Waals surface area contributed by atoms with Crippen molar-refractivity contribution in [3.05, 3.63) is 28.8 Å². The number of hydrogen-bond acceptors (Lipinski definition) is 2. The van der Waals surface area contributed by atoms with Crippen LogP contribution in [0.4, 0.5) is 0 Å². The Kier molecular flexibility index (Phi) is 3.36. The fraction of sp³-hybridized carbons (Fsp3) is 0.714. The van der Waals surface area contributed by atoms with Gasteiger partial charge in [-0.1, -0.05) is 6.92 Å². The first-order chi connectivity index (χ1) is 10.9. The van der Waals surface area contributed by atoms with Gasteiger partial charge in [-0.15, -0.1) is 0 Å². The van der Waals surface area contributed by atoms with Gasteiger partial charge >= 0.3 is 0 Å². The molecule has 23 heavy (non-hydrogen) atoms. The van der Waals surface area contributed by atoms with Crippen LogP contribution in [0.15, 0.2) is 12.1 Å². The van der Waals surface area contributed by atoms with Gasteiger partial charge in [-0.2, -0.15) is 0 Å². The standard InChI is InChI=1S/C21H30O2/c1-13-11-15(23-4)12-14-5-6-16-17(19(13)14)7-9-20(2)18(16)8-10-21(20,3)22/h11-12,16-18,22H,5-10H2,1-4H3/t16-,17+,18+,20-,21+/m1/s1. The molecule has 0 spiro atoms. The van der Waals surface area contributed by atoms with Crippen LogP contribution in [-0.4, -0.2) is 17.8 Å². The first kappa shape index (κ1) is 15.5. The lowest BCUT2D eigenvalue weighted by Crippen LogP contribution is -2.49. The van der Waals surface area contributed by atoms with Crippen molar-refractivity contribution in [2.75, 3.05) is 7.11 Å². The van der Waals surface area contributed by atoms with Crippen LogP contribution in [0.3, 0.4) is 0 Å². The maximum atomic E-state index is 10.9. The summed E-state index contributed by atoms with van der Waals surface area (Å²) < 4.78 is 5.48. The van der Waals surface area contributed by atoms with Crippen molar-refractivity contribution in [2.24, 2.45) is 17.3 Å². The molecule has 1 N–H and O–H groups in total. The maximum Gasteiger partial charge on any atom is 0.119 e. The van der Waals surface area contributed by atoms with E-state index in [0.717, 1.165) is 24.5 Å². The second-order valence-corrected chi connectivity index (χ2v) is 8.70. The Hall–Kier alpha value is -1.02. The summed E-state index contributed by atoms with van der Waals surface area (Å²) in [5.74, 6) is 3.13. The van der Waals surface area contributed by atoms with Crippen molar-refractivity contribution in [3.63, 3.8) is 0 Å². The molecule has 0 aliphatic heterocycles. The minimum atomic E-state index is -0.474. The topological polar surface area (TPSA) is 29.5 Å². The van der Waals surface area contributed by atoms with Gasteiger partial charge in [-0.05, 0) is 104 Å². The van der Waals surface area contributed by atoms with Crippen molar-refractivity contribution < 1.29 is 9.84 Å². The average Bonchev–Trinajstić information content (AvgIpc) is 2.76. The number of benzene rings is 1. The zero-order valence-corrected chi connectivity index (χ0v) is 15.0. The molecular formula is C21H30O2. The van der Waals surface area contributed by atoms with Gasteiger partial charge in [0.05, 0.1) is 12.7 Å². The molecule has 0 unspecified atom stereocenters. The minimum Gasteiger partial charge on any atom is -0.497 e. The predicted molar refractivity (Wildman–Crippen MR) is 93.0 cm³/mol. The van der Waals surface area contributed by atoms with Gasteiger partial charge in [0.1, 0.15) is 5.75 Å². The van der Waals surface area contributed by atoms with Gasteiger partial charge < -0.3 is 9.84 Å². The van der Waals surface area contributed by atoms with Crippen LogP contribution in [-0.2, 0) is 6.42 Å². The molecule has 4 rings (SSSR count). The van der Waals surface area contributed by atoms with E-state index in [0.29, 0.717) is 11.8 Å². The van der Waals surface area contributed by atoms with E-state index in [1.165, 1.54) is 36.8 Å². The van der Waals surface area contributed by atoms with Gasteiger partial charge in [0.15, 0.2) is 0 Å². The zero-order valence-electron chi connectivity index (χ0n) is 15.0. The third kappa shape index (κ3) is 2.03. The van der Waals surface area contributed by atoms with E-state index < -0.39 is 5.60 Å². The van der Waals surface area contributed by atoms with Crippen molar-refractivity contribution in [1.29, 1.82) is 0 Å². The normalized spacial score (nSPS) is 41.9. The van der Waals surface area contributed by atoms with E-state index in [4.69, 9.17) is 4.74 Å². The van der Waals surface area contributed by atoms with E-state index in [1.807, 2.05) is 0 Å². The lowest BCUT2D eigenvalue weighted by atomic mass is 9.53. The van der Waals surface area contributed by atoms with Crippen LogP contribution in [0.2, 0.25) is 0 Å². The molecule has 0 amide bonds. The zero-order chi connectivity index (χ0) is 16.4. The predicted octanol–water partition coefficient (Wildman–Crippen LogP) is 4.61. The Balaban J connectivity index is 1.73. The highest BCUT2D eigenvalue weighted by Gasteiger charge is 2.59. The van der Waals surface area contributed by atoms with E-state index in [1.54, 1.807) is 12.7 Å². The molecule has 0 bridgehead atoms. The van der Waals surface area contributed by atoms with Gasteiger partial charge in [0, 0.05) is 0 Å². The van der Waals surface area contributed by atoms with Gasteiger partial charge in [-0.25, -0.2) is 0 Å². The van der Waals surface area contributed by atoms with Crippen molar-refractivity contribution in [1.82, 2.24) is 0 Å². The number of ether oxygens (including phenoxy) is 1. The molecule has 0 radical (unpaired) electrons. The number of aryl methyl sites for hydroxylation is 2. The number of aliphatic hydroxyl groups is 1. The number of methoxy groups -OCH3 is 1. The second kappa shape index (κ2) is 4.99. The number of rotatable bonds is 1. The molecule has 1 aromatic carbocycles. The van der Waals surface area contributed by atoms with Crippen LogP contribution in [0.5, 0.6) is 5.75 Å². The molecule has 3 aliphatic carbocycles. The summed E-state index contributed by atoms with van der Waals surface area (Å²) in [5.41, 5.74) is 4.17. The quantitative estimate of drug-likeness (QED) is 0.820. The largest absolute Gasteiger partial charge is 0.497 e. The van der Waals surface area contributed by atoms with Crippen LogP contribution in [0.1, 0.15) is 68.6 Å². The molecule has 0 aromatic heterocycles. The Labute approximate surface area is 140 Å². The molecule has 2 fully saturated rings. The highest BCUT2D eigenvalue weighted by Crippen LogP contribution is 2.64. The molecule has 3 aliphatic rings. The Morgan fingerprint density at radius 3 is 2.65 bits per heavy atom. The molecule has 126 valence electrons. The highest BCUT2D eigenvalue weighted by molar-refractivity contribution is 5.46. The SMILES string of the molecule is COc1cc(C)c2c(c1)CC[C@@H]1[C@@H]2CC[C@]2(C)[C@H]1CC[C@]2(C)O. The van der Waals surface area contributed by atoms with Crippen molar-refractivity contribution >= 4 is 0 Å². The molecule has 1 aromatic rings. The van der Waals surface area contributed by atoms with E-state index in [2.05, 4.69) is 32.9 Å². The number of hydrogen-bond donors (Lipinski definition) is 1. The summed E-state index contributed by atoms with van der Waals surface area (Å²) in [6.45, 7) is 6.69. The average molecular weight is 314 g/mol. The van der Waals surface area contributed by atoms with E-state index >= 15 is 0 Å². The Morgan fingerprint density at radius 1 is 1.13 bits per heavy atom. The summed E-state index contributed by atoms with van der Waals surface area (Å²) in [4.78, 5) is 0. The second-order valence-electron chi connectivity index (χ2n) is 8.70. The Bertz CT molecular complexity index is 633. The summed E-state index contributed by atoms with van der Waals surface area (Å²) in [7, 11) is 1.76. The fourth-order valence-electron chi connectivity index (χ4n) is 6.30. The van der Waals surface area contributed by atoms with E-state index in [-0.39, 0.29) is 5.41 Å². The molecule has 2 nitrogen and oxygen atoms in total. The fourth-order valence-corrected chi connectivity index (χ4v) is 6.30. The van der Waals surface area contributed by atoms with Crippen molar-refractivity contribution in [2.45, 2.75) is 70.8 Å². The van der Waals surface area contributed by atoms with Crippen LogP contribution < -0.4 is 4.74 Å². The molecule has 2 saturated carbocycles. The summed E-state index contributed by atoms with van der Waals surface area (Å²) in [5, 5.41) is 10.9. The summed E-state index contributed by atoms with van der Waals surface area (Å²) in [6, 6.07) is 4.47. The van der Waals surface area contributed by atoms with Crippen LogP contribution in [0, 0.1) is 24.2 Å². The number of fused-ring (bicyclic) bond motifs is 5. The lowest BCUT2D eigenvalue weighted by Gasteiger charge is -2.53. The summed E-state index contributed by atoms with van der Waals surface area (Å²) in [6.07, 6.45) is 7.02. The summed E-state index contributed by atoms with van der Waals surface area (Å²) >= 11 is 0. The van der Waals surface area contributed by atoms with Gasteiger partial charge in [0.25, 0.3) is 0 Å².